The van der Waals surface area contributed by atoms with Gasteiger partial charge in [0.1, 0.15) is 18.9 Å². The third kappa shape index (κ3) is 3.27. The Morgan fingerprint density at radius 1 is 1.39 bits per heavy atom. The largest absolute Gasteiger partial charge is 0.486 e. The highest BCUT2D eigenvalue weighted by Crippen LogP contribution is 2.34. The summed E-state index contributed by atoms with van der Waals surface area (Å²) < 4.78 is 11.1. The van der Waals surface area contributed by atoms with Crippen molar-refractivity contribution in [3.63, 3.8) is 0 Å². The third-order valence-electron chi connectivity index (χ3n) is 3.37. The van der Waals surface area contributed by atoms with Gasteiger partial charge in [-0.1, -0.05) is 0 Å². The number of carbonyl (C=O) groups excluding carboxylic acids is 1. The Balaban J connectivity index is 1.92. The zero-order chi connectivity index (χ0) is 16.2. The summed E-state index contributed by atoms with van der Waals surface area (Å²) in [5.74, 6) is 1.05. The Hall–Kier alpha value is -2.59. The lowest BCUT2D eigenvalue weighted by atomic mass is 10.2. The highest BCUT2D eigenvalue weighted by Gasteiger charge is 2.22. The summed E-state index contributed by atoms with van der Waals surface area (Å²) in [5.41, 5.74) is 1.06. The fourth-order valence-corrected chi connectivity index (χ4v) is 2.90. The number of nitriles is 1. The molecule has 0 radical (unpaired) electrons. The molecule has 1 aromatic heterocycles. The van der Waals surface area contributed by atoms with Crippen molar-refractivity contribution in [1.29, 1.82) is 5.26 Å². The van der Waals surface area contributed by atoms with Crippen molar-refractivity contribution in [2.75, 3.05) is 24.7 Å². The lowest BCUT2D eigenvalue weighted by Crippen LogP contribution is -2.32. The molecule has 0 bridgehead atoms. The van der Waals surface area contributed by atoms with Gasteiger partial charge in [-0.15, -0.1) is 11.3 Å². The van der Waals surface area contributed by atoms with Crippen LogP contribution in [0.15, 0.2) is 23.6 Å². The minimum absolute atomic E-state index is 0.221. The van der Waals surface area contributed by atoms with Gasteiger partial charge >= 0.3 is 0 Å². The second kappa shape index (κ2) is 6.67. The molecule has 7 heteroatoms. The van der Waals surface area contributed by atoms with Gasteiger partial charge in [-0.2, -0.15) is 5.26 Å². The number of hydrogen-bond donors (Lipinski definition) is 0. The number of benzene rings is 1. The van der Waals surface area contributed by atoms with Gasteiger partial charge in [0.05, 0.1) is 17.5 Å². The number of rotatable bonds is 4. The molecule has 0 fully saturated rings. The van der Waals surface area contributed by atoms with Crippen LogP contribution in [0.2, 0.25) is 0 Å². The van der Waals surface area contributed by atoms with Crippen molar-refractivity contribution < 1.29 is 14.3 Å². The fraction of sp³-hybridized carbons (Fsp3) is 0.312. The van der Waals surface area contributed by atoms with Crippen molar-refractivity contribution in [1.82, 2.24) is 4.98 Å². The molecule has 0 saturated carbocycles. The molecule has 2 aromatic rings. The van der Waals surface area contributed by atoms with E-state index in [0.717, 1.165) is 5.01 Å². The van der Waals surface area contributed by atoms with Gasteiger partial charge in [-0.25, -0.2) is 4.98 Å². The summed E-state index contributed by atoms with van der Waals surface area (Å²) in [6.07, 6.45) is 0.239. The summed E-state index contributed by atoms with van der Waals surface area (Å²) in [5, 5.41) is 11.4. The fourth-order valence-electron chi connectivity index (χ4n) is 2.31. The quantitative estimate of drug-likeness (QED) is 0.862. The molecule has 1 aromatic carbocycles. The van der Waals surface area contributed by atoms with Crippen LogP contribution in [-0.4, -0.2) is 30.6 Å². The number of amides is 1. The molecule has 23 heavy (non-hydrogen) atoms. The topological polar surface area (TPSA) is 75.5 Å². The van der Waals surface area contributed by atoms with Gasteiger partial charge in [-0.05, 0) is 19.1 Å². The Labute approximate surface area is 137 Å². The number of fused-ring (bicyclic) bond motifs is 1. The molecule has 0 N–H and O–H groups in total. The van der Waals surface area contributed by atoms with Crippen LogP contribution in [-0.2, 0) is 0 Å². The number of aryl methyl sites for hydroxylation is 1. The van der Waals surface area contributed by atoms with Crippen molar-refractivity contribution in [2.24, 2.45) is 0 Å². The van der Waals surface area contributed by atoms with Crippen molar-refractivity contribution >= 4 is 22.9 Å². The van der Waals surface area contributed by atoms with Crippen LogP contribution >= 0.6 is 11.3 Å². The van der Waals surface area contributed by atoms with E-state index in [1.54, 1.807) is 28.5 Å². The molecule has 1 aliphatic rings. The highest BCUT2D eigenvalue weighted by molar-refractivity contribution is 7.09. The van der Waals surface area contributed by atoms with E-state index in [-0.39, 0.29) is 12.3 Å². The van der Waals surface area contributed by atoms with Crippen LogP contribution in [0.25, 0.3) is 0 Å². The van der Waals surface area contributed by atoms with E-state index < -0.39 is 0 Å². The van der Waals surface area contributed by atoms with E-state index in [4.69, 9.17) is 14.7 Å². The Morgan fingerprint density at radius 2 is 2.17 bits per heavy atom. The van der Waals surface area contributed by atoms with E-state index in [2.05, 4.69) is 11.1 Å². The zero-order valence-electron chi connectivity index (χ0n) is 12.6. The van der Waals surface area contributed by atoms with Crippen LogP contribution in [0, 0.1) is 18.3 Å². The van der Waals surface area contributed by atoms with E-state index in [9.17, 15) is 4.79 Å². The third-order valence-corrected chi connectivity index (χ3v) is 4.14. The van der Waals surface area contributed by atoms with Gasteiger partial charge in [-0.3, -0.25) is 4.79 Å². The molecule has 0 saturated heterocycles. The Morgan fingerprint density at radius 3 is 2.87 bits per heavy atom. The van der Waals surface area contributed by atoms with E-state index in [1.165, 1.54) is 11.3 Å². The Kier molecular flexibility index (Phi) is 4.44. The van der Waals surface area contributed by atoms with Crippen molar-refractivity contribution in [2.45, 2.75) is 13.3 Å². The predicted molar refractivity (Wildman–Crippen MR) is 86.2 cm³/mol. The molecule has 6 nitrogen and oxygen atoms in total. The smallest absolute Gasteiger partial charge is 0.277 e. The van der Waals surface area contributed by atoms with Gasteiger partial charge in [0.15, 0.2) is 11.5 Å². The summed E-state index contributed by atoms with van der Waals surface area (Å²) in [6.45, 7) is 3.14. The first kappa shape index (κ1) is 15.3. The number of thiazole rings is 1. The lowest BCUT2D eigenvalue weighted by Gasteiger charge is -2.24. The number of aromatic nitrogens is 1. The van der Waals surface area contributed by atoms with E-state index >= 15 is 0 Å². The van der Waals surface area contributed by atoms with Crippen LogP contribution in [0.5, 0.6) is 11.5 Å². The summed E-state index contributed by atoms with van der Waals surface area (Å²) >= 11 is 1.42. The molecule has 0 spiro atoms. The maximum absolute atomic E-state index is 12.7. The van der Waals surface area contributed by atoms with Crippen LogP contribution in [0.4, 0.5) is 5.69 Å². The minimum atomic E-state index is -0.221. The number of carbonyl (C=O) groups is 1. The summed E-state index contributed by atoms with van der Waals surface area (Å²) in [4.78, 5) is 18.5. The number of anilines is 1. The zero-order valence-corrected chi connectivity index (χ0v) is 13.4. The van der Waals surface area contributed by atoms with Crippen LogP contribution in [0.1, 0.15) is 21.9 Å². The highest BCUT2D eigenvalue weighted by atomic mass is 32.1. The summed E-state index contributed by atoms with van der Waals surface area (Å²) in [6, 6.07) is 7.42. The average molecular weight is 329 g/mol. The number of ether oxygens (including phenoxy) is 2. The molecule has 3 rings (SSSR count). The second-order valence-corrected chi connectivity index (χ2v) is 6.01. The van der Waals surface area contributed by atoms with Crippen LogP contribution in [0.3, 0.4) is 0 Å². The standard InChI is InChI=1S/C16H15N3O3S/c1-11-18-13(10-23-11)16(20)19(6-2-5-17)12-3-4-14-15(9-12)22-8-7-21-14/h3-4,9-10H,2,6-8H2,1H3. The van der Waals surface area contributed by atoms with Gasteiger partial charge in [0.2, 0.25) is 0 Å². The van der Waals surface area contributed by atoms with E-state index in [1.807, 2.05) is 6.92 Å². The molecular weight excluding hydrogens is 314 g/mol. The molecule has 1 amide bonds. The van der Waals surface area contributed by atoms with E-state index in [0.29, 0.717) is 42.6 Å². The van der Waals surface area contributed by atoms with Crippen molar-refractivity contribution in [3.05, 3.63) is 34.3 Å². The average Bonchev–Trinajstić information content (AvgIpc) is 3.01. The predicted octanol–water partition coefficient (Wildman–Crippen LogP) is 2.78. The number of hydrogen-bond acceptors (Lipinski definition) is 6. The first-order valence-electron chi connectivity index (χ1n) is 7.19. The molecule has 2 heterocycles. The van der Waals surface area contributed by atoms with Crippen LogP contribution < -0.4 is 14.4 Å². The molecule has 0 aliphatic carbocycles. The SMILES string of the molecule is Cc1nc(C(=O)N(CCC#N)c2ccc3c(c2)OCCO3)cs1. The Bertz CT molecular complexity index is 766. The minimum Gasteiger partial charge on any atom is -0.486 e. The first-order chi connectivity index (χ1) is 11.2. The summed E-state index contributed by atoms with van der Waals surface area (Å²) in [7, 11) is 0. The maximum Gasteiger partial charge on any atom is 0.277 e. The van der Waals surface area contributed by atoms with Gasteiger partial charge < -0.3 is 14.4 Å². The lowest BCUT2D eigenvalue weighted by molar-refractivity contribution is 0.0983. The van der Waals surface area contributed by atoms with Gasteiger partial charge in [0.25, 0.3) is 5.91 Å². The molecule has 1 aliphatic heterocycles. The molecule has 0 atom stereocenters. The van der Waals surface area contributed by atoms with Crippen molar-refractivity contribution in [3.8, 4) is 17.6 Å². The molecule has 118 valence electrons. The molecular formula is C16H15N3O3S. The second-order valence-electron chi connectivity index (χ2n) is 4.94. The first-order valence-corrected chi connectivity index (χ1v) is 8.07. The normalized spacial score (nSPS) is 12.5. The van der Waals surface area contributed by atoms with Gasteiger partial charge in [0, 0.05) is 23.7 Å². The maximum atomic E-state index is 12.7. The number of nitrogens with zero attached hydrogens (tertiary/aromatic N) is 3. The monoisotopic (exact) mass is 329 g/mol. The molecule has 0 unspecified atom stereocenters.